The van der Waals surface area contributed by atoms with Gasteiger partial charge < -0.3 is 15.2 Å². The quantitative estimate of drug-likeness (QED) is 0.755. The molecular formula is C14H20BrNO3. The standard InChI is InChI=1S/C14H20BrNO3/c1-10(2)13(14(18)16-8-3-9-17)19-12-6-4-11(15)5-7-12/h4-7,10,13,17H,3,8-9H2,1-2H3,(H,16,18). The fraction of sp³-hybridized carbons (Fsp3) is 0.500. The number of rotatable bonds is 7. The van der Waals surface area contributed by atoms with E-state index in [1.54, 1.807) is 0 Å². The molecule has 0 spiro atoms. The lowest BCUT2D eigenvalue weighted by Crippen LogP contribution is -2.42. The lowest BCUT2D eigenvalue weighted by atomic mass is 10.1. The van der Waals surface area contributed by atoms with E-state index in [9.17, 15) is 4.79 Å². The molecule has 1 amide bonds. The number of benzene rings is 1. The smallest absolute Gasteiger partial charge is 0.261 e. The van der Waals surface area contributed by atoms with Gasteiger partial charge in [0.05, 0.1) is 0 Å². The second-order valence-electron chi connectivity index (χ2n) is 4.60. The third-order valence-electron chi connectivity index (χ3n) is 2.57. The Morgan fingerprint density at radius 1 is 1.37 bits per heavy atom. The van der Waals surface area contributed by atoms with Crippen molar-refractivity contribution < 1.29 is 14.6 Å². The Balaban J connectivity index is 2.62. The van der Waals surface area contributed by atoms with Gasteiger partial charge in [0.1, 0.15) is 5.75 Å². The van der Waals surface area contributed by atoms with Crippen molar-refractivity contribution in [1.29, 1.82) is 0 Å². The number of hydrogen-bond acceptors (Lipinski definition) is 3. The van der Waals surface area contributed by atoms with E-state index in [2.05, 4.69) is 21.2 Å². The summed E-state index contributed by atoms with van der Waals surface area (Å²) in [7, 11) is 0. The molecule has 1 unspecified atom stereocenters. The maximum atomic E-state index is 12.0. The fourth-order valence-corrected chi connectivity index (χ4v) is 1.81. The number of halogens is 1. The van der Waals surface area contributed by atoms with E-state index in [1.165, 1.54) is 0 Å². The summed E-state index contributed by atoms with van der Waals surface area (Å²) in [5.41, 5.74) is 0. The first kappa shape index (κ1) is 16.0. The average Bonchev–Trinajstić information content (AvgIpc) is 2.37. The van der Waals surface area contributed by atoms with E-state index < -0.39 is 6.10 Å². The molecule has 0 aliphatic carbocycles. The highest BCUT2D eigenvalue weighted by molar-refractivity contribution is 9.10. The molecule has 1 atom stereocenters. The van der Waals surface area contributed by atoms with Crippen LogP contribution in [0.2, 0.25) is 0 Å². The van der Waals surface area contributed by atoms with Gasteiger partial charge in [0.15, 0.2) is 6.10 Å². The zero-order valence-corrected chi connectivity index (χ0v) is 12.8. The Morgan fingerprint density at radius 3 is 2.53 bits per heavy atom. The van der Waals surface area contributed by atoms with Crippen LogP contribution in [-0.4, -0.2) is 30.3 Å². The van der Waals surface area contributed by atoms with E-state index in [1.807, 2.05) is 38.1 Å². The van der Waals surface area contributed by atoms with Gasteiger partial charge in [-0.15, -0.1) is 0 Å². The third-order valence-corrected chi connectivity index (χ3v) is 3.10. The lowest BCUT2D eigenvalue weighted by molar-refractivity contribution is -0.129. The molecule has 0 saturated heterocycles. The molecule has 0 aliphatic heterocycles. The maximum Gasteiger partial charge on any atom is 0.261 e. The Hall–Kier alpha value is -1.07. The number of carbonyl (C=O) groups is 1. The number of hydrogen-bond donors (Lipinski definition) is 2. The van der Waals surface area contributed by atoms with Gasteiger partial charge in [-0.3, -0.25) is 4.79 Å². The van der Waals surface area contributed by atoms with Gasteiger partial charge in [-0.2, -0.15) is 0 Å². The highest BCUT2D eigenvalue weighted by atomic mass is 79.9. The van der Waals surface area contributed by atoms with Gasteiger partial charge in [0, 0.05) is 17.6 Å². The Morgan fingerprint density at radius 2 is 2.00 bits per heavy atom. The summed E-state index contributed by atoms with van der Waals surface area (Å²) in [6.07, 6.45) is 0.0225. The van der Waals surface area contributed by atoms with Crippen molar-refractivity contribution in [3.05, 3.63) is 28.7 Å². The van der Waals surface area contributed by atoms with E-state index in [4.69, 9.17) is 9.84 Å². The minimum Gasteiger partial charge on any atom is -0.480 e. The van der Waals surface area contributed by atoms with Crippen LogP contribution in [0.25, 0.3) is 0 Å². The molecule has 0 aliphatic rings. The van der Waals surface area contributed by atoms with Crippen LogP contribution in [0, 0.1) is 5.92 Å². The van der Waals surface area contributed by atoms with Crippen LogP contribution in [0.4, 0.5) is 0 Å². The van der Waals surface area contributed by atoms with Crippen LogP contribution < -0.4 is 10.1 Å². The number of amides is 1. The number of aliphatic hydroxyl groups excluding tert-OH is 1. The molecule has 0 fully saturated rings. The summed E-state index contributed by atoms with van der Waals surface area (Å²) in [6.45, 7) is 4.41. The minimum absolute atomic E-state index is 0.0674. The summed E-state index contributed by atoms with van der Waals surface area (Å²) in [4.78, 5) is 12.0. The van der Waals surface area contributed by atoms with E-state index >= 15 is 0 Å². The zero-order valence-electron chi connectivity index (χ0n) is 11.2. The summed E-state index contributed by atoms with van der Waals surface area (Å²) >= 11 is 3.35. The van der Waals surface area contributed by atoms with Crippen LogP contribution in [0.1, 0.15) is 20.3 Å². The topological polar surface area (TPSA) is 58.6 Å². The monoisotopic (exact) mass is 329 g/mol. The van der Waals surface area contributed by atoms with E-state index in [0.29, 0.717) is 18.7 Å². The SMILES string of the molecule is CC(C)C(Oc1ccc(Br)cc1)C(=O)NCCCO. The van der Waals surface area contributed by atoms with Crippen molar-refractivity contribution in [1.82, 2.24) is 5.32 Å². The number of carbonyl (C=O) groups excluding carboxylic acids is 1. The van der Waals surface area contributed by atoms with Crippen molar-refractivity contribution in [3.63, 3.8) is 0 Å². The molecule has 0 bridgehead atoms. The molecule has 1 rings (SSSR count). The van der Waals surface area contributed by atoms with Crippen LogP contribution in [0.15, 0.2) is 28.7 Å². The summed E-state index contributed by atoms with van der Waals surface area (Å²) in [5.74, 6) is 0.586. The highest BCUT2D eigenvalue weighted by Crippen LogP contribution is 2.19. The summed E-state index contributed by atoms with van der Waals surface area (Å²) in [6, 6.07) is 7.38. The predicted octanol–water partition coefficient (Wildman–Crippen LogP) is 2.35. The Labute approximate surface area is 122 Å². The van der Waals surface area contributed by atoms with Crippen LogP contribution in [-0.2, 0) is 4.79 Å². The second-order valence-corrected chi connectivity index (χ2v) is 5.52. The van der Waals surface area contributed by atoms with Crippen molar-refractivity contribution >= 4 is 21.8 Å². The molecule has 4 nitrogen and oxygen atoms in total. The Kier molecular flexibility index (Phi) is 6.87. The molecule has 1 aromatic carbocycles. The van der Waals surface area contributed by atoms with Crippen molar-refractivity contribution in [2.24, 2.45) is 5.92 Å². The Bertz CT molecular complexity index is 392. The molecule has 5 heteroatoms. The molecule has 1 aromatic rings. The normalized spacial score (nSPS) is 12.3. The predicted molar refractivity (Wildman–Crippen MR) is 78.1 cm³/mol. The highest BCUT2D eigenvalue weighted by Gasteiger charge is 2.23. The molecule has 0 radical (unpaired) electrons. The first-order valence-electron chi connectivity index (χ1n) is 6.35. The van der Waals surface area contributed by atoms with E-state index in [0.717, 1.165) is 4.47 Å². The van der Waals surface area contributed by atoms with E-state index in [-0.39, 0.29) is 18.4 Å². The first-order chi connectivity index (χ1) is 9.04. The summed E-state index contributed by atoms with van der Waals surface area (Å²) in [5, 5.41) is 11.5. The molecule has 0 aromatic heterocycles. The molecule has 0 saturated carbocycles. The van der Waals surface area contributed by atoms with Crippen molar-refractivity contribution in [3.8, 4) is 5.75 Å². The average molecular weight is 330 g/mol. The maximum absolute atomic E-state index is 12.0. The van der Waals surface area contributed by atoms with Crippen LogP contribution in [0.3, 0.4) is 0 Å². The van der Waals surface area contributed by atoms with Crippen molar-refractivity contribution in [2.45, 2.75) is 26.4 Å². The molecule has 0 heterocycles. The largest absolute Gasteiger partial charge is 0.480 e. The minimum atomic E-state index is -0.528. The van der Waals surface area contributed by atoms with Crippen molar-refractivity contribution in [2.75, 3.05) is 13.2 Å². The first-order valence-corrected chi connectivity index (χ1v) is 7.14. The number of aliphatic hydroxyl groups is 1. The van der Waals surface area contributed by atoms with Gasteiger partial charge in [0.25, 0.3) is 5.91 Å². The molecule has 19 heavy (non-hydrogen) atoms. The van der Waals surface area contributed by atoms with Crippen LogP contribution >= 0.6 is 15.9 Å². The number of ether oxygens (including phenoxy) is 1. The zero-order chi connectivity index (χ0) is 14.3. The van der Waals surface area contributed by atoms with Gasteiger partial charge in [-0.05, 0) is 36.6 Å². The third kappa shape index (κ3) is 5.61. The molecule has 106 valence electrons. The van der Waals surface area contributed by atoms with Gasteiger partial charge >= 0.3 is 0 Å². The molecule has 2 N–H and O–H groups in total. The fourth-order valence-electron chi connectivity index (χ4n) is 1.54. The van der Waals surface area contributed by atoms with Gasteiger partial charge in [-0.25, -0.2) is 0 Å². The second kappa shape index (κ2) is 8.17. The molecular weight excluding hydrogens is 310 g/mol. The lowest BCUT2D eigenvalue weighted by Gasteiger charge is -2.21. The summed E-state index contributed by atoms with van der Waals surface area (Å²) < 4.78 is 6.69. The van der Waals surface area contributed by atoms with Crippen LogP contribution in [0.5, 0.6) is 5.75 Å². The van der Waals surface area contributed by atoms with Gasteiger partial charge in [-0.1, -0.05) is 29.8 Å². The van der Waals surface area contributed by atoms with Gasteiger partial charge in [0.2, 0.25) is 0 Å². The number of nitrogens with one attached hydrogen (secondary N) is 1.